The lowest BCUT2D eigenvalue weighted by Gasteiger charge is -2.10. The van der Waals surface area contributed by atoms with Gasteiger partial charge in [-0.25, -0.2) is 0 Å². The van der Waals surface area contributed by atoms with Crippen LogP contribution in [0.4, 0.5) is 5.69 Å². The maximum absolute atomic E-state index is 12.2. The first-order chi connectivity index (χ1) is 11.6. The number of aryl methyl sites for hydroxylation is 1. The maximum Gasteiger partial charge on any atom is 0.224 e. The summed E-state index contributed by atoms with van der Waals surface area (Å²) in [4.78, 5) is 15.4. The van der Waals surface area contributed by atoms with Crippen LogP contribution in [0, 0.1) is 0 Å². The first-order valence-electron chi connectivity index (χ1n) is 8.23. The molecule has 24 heavy (non-hydrogen) atoms. The minimum Gasteiger partial charge on any atom is -0.491 e. The van der Waals surface area contributed by atoms with Gasteiger partial charge in [0.15, 0.2) is 0 Å². The lowest BCUT2D eigenvalue weighted by molar-refractivity contribution is -0.116. The smallest absolute Gasteiger partial charge is 0.224 e. The number of amides is 1. The Morgan fingerprint density at radius 2 is 1.88 bits per heavy atom. The Hall–Kier alpha value is -2.75. The SMILES string of the molecule is CC(C)Oc1ccc(NC(=O)CCc2c[nH]c3ccccc23)cc1. The van der Waals surface area contributed by atoms with Gasteiger partial charge >= 0.3 is 0 Å². The summed E-state index contributed by atoms with van der Waals surface area (Å²) in [6.45, 7) is 3.97. The summed E-state index contributed by atoms with van der Waals surface area (Å²) in [7, 11) is 0. The molecule has 124 valence electrons. The number of rotatable bonds is 6. The van der Waals surface area contributed by atoms with Crippen molar-refractivity contribution in [3.05, 3.63) is 60.3 Å². The molecule has 3 aromatic rings. The summed E-state index contributed by atoms with van der Waals surface area (Å²) < 4.78 is 5.60. The van der Waals surface area contributed by atoms with Crippen molar-refractivity contribution in [1.82, 2.24) is 4.98 Å². The van der Waals surface area contributed by atoms with Crippen LogP contribution in [0.25, 0.3) is 10.9 Å². The first-order valence-corrected chi connectivity index (χ1v) is 8.23. The Kier molecular flexibility index (Phi) is 4.85. The van der Waals surface area contributed by atoms with Crippen molar-refractivity contribution in [2.24, 2.45) is 0 Å². The minimum atomic E-state index is 0.0119. The van der Waals surface area contributed by atoms with Gasteiger partial charge in [0, 0.05) is 29.2 Å². The van der Waals surface area contributed by atoms with Gasteiger partial charge in [0.2, 0.25) is 5.91 Å². The average molecular weight is 322 g/mol. The second-order valence-corrected chi connectivity index (χ2v) is 6.10. The highest BCUT2D eigenvalue weighted by atomic mass is 16.5. The molecule has 0 bridgehead atoms. The van der Waals surface area contributed by atoms with Crippen LogP contribution in [0.3, 0.4) is 0 Å². The second kappa shape index (κ2) is 7.21. The molecule has 0 spiro atoms. The number of carbonyl (C=O) groups excluding carboxylic acids is 1. The molecule has 0 aliphatic carbocycles. The molecular formula is C20H22N2O2. The van der Waals surface area contributed by atoms with E-state index in [2.05, 4.69) is 16.4 Å². The number of fused-ring (bicyclic) bond motifs is 1. The molecule has 0 saturated carbocycles. The molecule has 1 heterocycles. The van der Waals surface area contributed by atoms with Crippen molar-refractivity contribution in [2.75, 3.05) is 5.32 Å². The lowest BCUT2D eigenvalue weighted by atomic mass is 10.1. The van der Waals surface area contributed by atoms with Crippen LogP contribution in [-0.4, -0.2) is 17.0 Å². The highest BCUT2D eigenvalue weighted by Crippen LogP contribution is 2.20. The van der Waals surface area contributed by atoms with Gasteiger partial charge in [-0.1, -0.05) is 18.2 Å². The van der Waals surface area contributed by atoms with Crippen molar-refractivity contribution in [3.63, 3.8) is 0 Å². The molecule has 2 N–H and O–H groups in total. The van der Waals surface area contributed by atoms with E-state index in [1.807, 2.05) is 62.5 Å². The molecule has 0 saturated heterocycles. The molecule has 0 aliphatic heterocycles. The number of hydrogen-bond donors (Lipinski definition) is 2. The molecule has 4 nitrogen and oxygen atoms in total. The van der Waals surface area contributed by atoms with Gasteiger partial charge < -0.3 is 15.0 Å². The van der Waals surface area contributed by atoms with Crippen LogP contribution < -0.4 is 10.1 Å². The third-order valence-corrected chi connectivity index (χ3v) is 3.81. The van der Waals surface area contributed by atoms with E-state index in [9.17, 15) is 4.79 Å². The van der Waals surface area contributed by atoms with Crippen LogP contribution in [0.5, 0.6) is 5.75 Å². The molecule has 3 rings (SSSR count). The fourth-order valence-corrected chi connectivity index (χ4v) is 2.70. The molecule has 1 aromatic heterocycles. The number of aromatic nitrogens is 1. The quantitative estimate of drug-likeness (QED) is 0.700. The van der Waals surface area contributed by atoms with E-state index in [1.54, 1.807) is 0 Å². The Labute approximate surface area is 141 Å². The summed E-state index contributed by atoms with van der Waals surface area (Å²) in [5.41, 5.74) is 3.06. The minimum absolute atomic E-state index is 0.0119. The number of benzene rings is 2. The molecule has 0 fully saturated rings. The van der Waals surface area contributed by atoms with Crippen molar-refractivity contribution in [3.8, 4) is 5.75 Å². The molecule has 0 radical (unpaired) electrons. The van der Waals surface area contributed by atoms with Gasteiger partial charge in [-0.15, -0.1) is 0 Å². The van der Waals surface area contributed by atoms with Gasteiger partial charge in [-0.3, -0.25) is 4.79 Å². The van der Waals surface area contributed by atoms with Gasteiger partial charge in [0.25, 0.3) is 0 Å². The Morgan fingerprint density at radius 1 is 1.12 bits per heavy atom. The van der Waals surface area contributed by atoms with E-state index in [0.717, 1.165) is 17.0 Å². The molecule has 0 unspecified atom stereocenters. The van der Waals surface area contributed by atoms with E-state index in [4.69, 9.17) is 4.74 Å². The predicted octanol–water partition coefficient (Wildman–Crippen LogP) is 4.53. The molecule has 1 amide bonds. The fourth-order valence-electron chi connectivity index (χ4n) is 2.70. The molecule has 2 aromatic carbocycles. The van der Waals surface area contributed by atoms with Crippen LogP contribution in [0.15, 0.2) is 54.7 Å². The third kappa shape index (κ3) is 3.96. The molecule has 4 heteroatoms. The van der Waals surface area contributed by atoms with E-state index in [1.165, 1.54) is 10.9 Å². The summed E-state index contributed by atoms with van der Waals surface area (Å²) in [5, 5.41) is 4.11. The van der Waals surface area contributed by atoms with Crippen molar-refractivity contribution >= 4 is 22.5 Å². The topological polar surface area (TPSA) is 54.1 Å². The van der Waals surface area contributed by atoms with Crippen molar-refractivity contribution in [2.45, 2.75) is 32.8 Å². The number of H-pyrrole nitrogens is 1. The number of para-hydroxylation sites is 1. The third-order valence-electron chi connectivity index (χ3n) is 3.81. The normalized spacial score (nSPS) is 11.0. The highest BCUT2D eigenvalue weighted by molar-refractivity contribution is 5.91. The van der Waals surface area contributed by atoms with E-state index < -0.39 is 0 Å². The zero-order valence-corrected chi connectivity index (χ0v) is 14.0. The van der Waals surface area contributed by atoms with E-state index >= 15 is 0 Å². The lowest BCUT2D eigenvalue weighted by Crippen LogP contribution is -2.12. The Bertz CT molecular complexity index is 819. The summed E-state index contributed by atoms with van der Waals surface area (Å²) in [5.74, 6) is 0.819. The summed E-state index contributed by atoms with van der Waals surface area (Å²) in [6.07, 6.45) is 3.29. The van der Waals surface area contributed by atoms with Crippen LogP contribution in [-0.2, 0) is 11.2 Å². The molecule has 0 aliphatic rings. The van der Waals surface area contributed by atoms with Crippen LogP contribution in [0.2, 0.25) is 0 Å². The fraction of sp³-hybridized carbons (Fsp3) is 0.250. The summed E-state index contributed by atoms with van der Waals surface area (Å²) in [6, 6.07) is 15.6. The number of carbonyl (C=O) groups is 1. The number of hydrogen-bond acceptors (Lipinski definition) is 2. The van der Waals surface area contributed by atoms with Gasteiger partial charge in [-0.2, -0.15) is 0 Å². The molecular weight excluding hydrogens is 300 g/mol. The monoisotopic (exact) mass is 322 g/mol. The predicted molar refractivity (Wildman–Crippen MR) is 97.5 cm³/mol. The maximum atomic E-state index is 12.2. The standard InChI is InChI=1S/C20H22N2O2/c1-14(2)24-17-10-8-16(9-11-17)22-20(23)12-7-15-13-21-19-6-4-3-5-18(15)19/h3-6,8-11,13-14,21H,7,12H2,1-2H3,(H,22,23). The van der Waals surface area contributed by atoms with Crippen molar-refractivity contribution < 1.29 is 9.53 Å². The highest BCUT2D eigenvalue weighted by Gasteiger charge is 2.07. The number of ether oxygens (including phenoxy) is 1. The molecule has 0 atom stereocenters. The number of anilines is 1. The van der Waals surface area contributed by atoms with Crippen LogP contribution in [0.1, 0.15) is 25.8 Å². The van der Waals surface area contributed by atoms with Gasteiger partial charge in [-0.05, 0) is 56.2 Å². The Morgan fingerprint density at radius 3 is 2.62 bits per heavy atom. The summed E-state index contributed by atoms with van der Waals surface area (Å²) >= 11 is 0. The van der Waals surface area contributed by atoms with Gasteiger partial charge in [0.05, 0.1) is 6.10 Å². The second-order valence-electron chi connectivity index (χ2n) is 6.10. The number of nitrogens with one attached hydrogen (secondary N) is 2. The zero-order valence-electron chi connectivity index (χ0n) is 14.0. The van der Waals surface area contributed by atoms with Gasteiger partial charge in [0.1, 0.15) is 5.75 Å². The first kappa shape index (κ1) is 16.1. The number of aromatic amines is 1. The Balaban J connectivity index is 1.56. The van der Waals surface area contributed by atoms with E-state index in [0.29, 0.717) is 12.8 Å². The van der Waals surface area contributed by atoms with Crippen molar-refractivity contribution in [1.29, 1.82) is 0 Å². The van der Waals surface area contributed by atoms with E-state index in [-0.39, 0.29) is 12.0 Å². The zero-order chi connectivity index (χ0) is 16.9. The van der Waals surface area contributed by atoms with Crippen LogP contribution >= 0.6 is 0 Å². The largest absolute Gasteiger partial charge is 0.491 e. The average Bonchev–Trinajstić information content (AvgIpc) is 2.98.